The van der Waals surface area contributed by atoms with Crippen LogP contribution in [0, 0.1) is 16.0 Å². The van der Waals surface area contributed by atoms with Crippen molar-refractivity contribution in [1.82, 2.24) is 4.90 Å². The van der Waals surface area contributed by atoms with Crippen LogP contribution in [-0.4, -0.2) is 41.4 Å². The Labute approximate surface area is 148 Å². The second-order valence-electron chi connectivity index (χ2n) is 7.10. The third kappa shape index (κ3) is 3.78. The van der Waals surface area contributed by atoms with Crippen LogP contribution in [0.25, 0.3) is 0 Å². The van der Waals surface area contributed by atoms with E-state index in [1.54, 1.807) is 18.2 Å². The van der Waals surface area contributed by atoms with Crippen molar-refractivity contribution in [2.75, 3.05) is 24.5 Å². The van der Waals surface area contributed by atoms with Gasteiger partial charge in [0, 0.05) is 37.7 Å². The predicted molar refractivity (Wildman–Crippen MR) is 97.7 cm³/mol. The molecule has 25 heavy (non-hydrogen) atoms. The Balaban J connectivity index is 1.64. The summed E-state index contributed by atoms with van der Waals surface area (Å²) < 4.78 is 0. The van der Waals surface area contributed by atoms with Crippen molar-refractivity contribution in [3.63, 3.8) is 0 Å². The zero-order chi connectivity index (χ0) is 17.8. The molecule has 0 radical (unpaired) electrons. The third-order valence-electron chi connectivity index (χ3n) is 5.64. The highest BCUT2D eigenvalue weighted by Crippen LogP contribution is 2.32. The van der Waals surface area contributed by atoms with Crippen LogP contribution in [0.2, 0.25) is 0 Å². The van der Waals surface area contributed by atoms with Gasteiger partial charge in [-0.1, -0.05) is 19.1 Å². The topological polar surface area (TPSA) is 66.7 Å². The summed E-state index contributed by atoms with van der Waals surface area (Å²) in [5.41, 5.74) is 0.817. The Morgan fingerprint density at radius 1 is 1.16 bits per heavy atom. The third-order valence-corrected chi connectivity index (χ3v) is 5.64. The minimum Gasteiger partial charge on any atom is -0.366 e. The number of nitro benzene ring substituents is 1. The molecule has 2 aliphatic heterocycles. The minimum atomic E-state index is -0.327. The van der Waals surface area contributed by atoms with E-state index in [0.29, 0.717) is 30.7 Å². The number of anilines is 1. The summed E-state index contributed by atoms with van der Waals surface area (Å²) in [5, 5.41) is 11.2. The monoisotopic (exact) mass is 345 g/mol. The maximum atomic E-state index is 12.9. The first-order valence-electron chi connectivity index (χ1n) is 9.40. The number of piperidine rings is 2. The number of likely N-dealkylation sites (tertiary alicyclic amines) is 1. The van der Waals surface area contributed by atoms with Crippen molar-refractivity contribution in [1.29, 1.82) is 0 Å². The van der Waals surface area contributed by atoms with E-state index in [1.807, 2.05) is 6.07 Å². The molecule has 1 aromatic rings. The second kappa shape index (κ2) is 7.85. The fraction of sp³-hybridized carbons (Fsp3) is 0.632. The fourth-order valence-electron chi connectivity index (χ4n) is 4.20. The molecule has 2 saturated heterocycles. The molecule has 6 heteroatoms. The molecule has 1 unspecified atom stereocenters. The zero-order valence-electron chi connectivity index (χ0n) is 14.9. The highest BCUT2D eigenvalue weighted by atomic mass is 16.6. The summed E-state index contributed by atoms with van der Waals surface area (Å²) in [6, 6.07) is 7.28. The summed E-state index contributed by atoms with van der Waals surface area (Å²) in [4.78, 5) is 28.0. The summed E-state index contributed by atoms with van der Waals surface area (Å²) in [5.74, 6) is 0.361. The number of para-hydroxylation sites is 2. The molecule has 2 heterocycles. The van der Waals surface area contributed by atoms with Gasteiger partial charge in [-0.15, -0.1) is 0 Å². The molecule has 136 valence electrons. The van der Waals surface area contributed by atoms with Gasteiger partial charge in [-0.3, -0.25) is 14.9 Å². The van der Waals surface area contributed by atoms with E-state index >= 15 is 0 Å². The maximum Gasteiger partial charge on any atom is 0.292 e. The van der Waals surface area contributed by atoms with Crippen LogP contribution >= 0.6 is 0 Å². The van der Waals surface area contributed by atoms with Crippen molar-refractivity contribution in [3.05, 3.63) is 34.4 Å². The molecular formula is C19H27N3O3. The first-order chi connectivity index (χ1) is 12.1. The molecule has 0 saturated carbocycles. The van der Waals surface area contributed by atoms with Crippen molar-refractivity contribution in [3.8, 4) is 0 Å². The Morgan fingerprint density at radius 2 is 1.88 bits per heavy atom. The number of benzene rings is 1. The molecule has 1 atom stereocenters. The lowest BCUT2D eigenvalue weighted by Gasteiger charge is -2.40. The molecule has 0 spiro atoms. The number of hydrogen-bond acceptors (Lipinski definition) is 4. The van der Waals surface area contributed by atoms with E-state index in [1.165, 1.54) is 6.42 Å². The highest BCUT2D eigenvalue weighted by molar-refractivity contribution is 5.79. The first-order valence-corrected chi connectivity index (χ1v) is 9.40. The molecule has 0 aliphatic carbocycles. The molecule has 0 N–H and O–H groups in total. The van der Waals surface area contributed by atoms with E-state index in [2.05, 4.69) is 16.7 Å². The Morgan fingerprint density at radius 3 is 2.56 bits per heavy atom. The average Bonchev–Trinajstić information content (AvgIpc) is 2.67. The van der Waals surface area contributed by atoms with E-state index in [-0.39, 0.29) is 16.5 Å². The molecule has 2 aliphatic rings. The number of amides is 1. The van der Waals surface area contributed by atoms with Gasteiger partial charge in [-0.25, -0.2) is 0 Å². The van der Waals surface area contributed by atoms with Gasteiger partial charge in [0.2, 0.25) is 5.91 Å². The van der Waals surface area contributed by atoms with Crippen molar-refractivity contribution >= 4 is 17.3 Å². The Kier molecular flexibility index (Phi) is 5.56. The van der Waals surface area contributed by atoms with E-state index in [0.717, 1.165) is 38.6 Å². The molecule has 1 amide bonds. The smallest absolute Gasteiger partial charge is 0.292 e. The predicted octanol–water partition coefficient (Wildman–Crippen LogP) is 3.60. The van der Waals surface area contributed by atoms with Gasteiger partial charge >= 0.3 is 0 Å². The van der Waals surface area contributed by atoms with Gasteiger partial charge in [0.15, 0.2) is 0 Å². The maximum absolute atomic E-state index is 12.9. The minimum absolute atomic E-state index is 0.0613. The zero-order valence-corrected chi connectivity index (χ0v) is 14.9. The summed E-state index contributed by atoms with van der Waals surface area (Å²) in [6.45, 7) is 4.45. The molecule has 0 aromatic heterocycles. The molecule has 6 nitrogen and oxygen atoms in total. The highest BCUT2D eigenvalue weighted by Gasteiger charge is 2.33. The Hall–Kier alpha value is -2.11. The van der Waals surface area contributed by atoms with E-state index in [4.69, 9.17) is 0 Å². The standard InChI is InChI=1S/C19H27N3O3/c1-2-16-7-5-6-12-21(16)19(23)15-10-13-20(14-11-15)17-8-3-4-9-18(17)22(24)25/h3-4,8-9,15-16H,2,5-7,10-14H2,1H3. The van der Waals surface area contributed by atoms with Crippen LogP contribution in [0.3, 0.4) is 0 Å². The summed E-state index contributed by atoms with van der Waals surface area (Å²) >= 11 is 0. The Bertz CT molecular complexity index is 626. The fourth-order valence-corrected chi connectivity index (χ4v) is 4.20. The SMILES string of the molecule is CCC1CCCCN1C(=O)C1CCN(c2ccccc2[N+](=O)[O-])CC1. The van der Waals surface area contributed by atoms with Crippen LogP contribution < -0.4 is 4.90 Å². The van der Waals surface area contributed by atoms with Gasteiger partial charge in [-0.2, -0.15) is 0 Å². The van der Waals surface area contributed by atoms with Gasteiger partial charge in [0.05, 0.1) is 4.92 Å². The lowest BCUT2D eigenvalue weighted by Crippen LogP contribution is -2.48. The number of nitrogens with zero attached hydrogens (tertiary/aromatic N) is 3. The molecule has 3 rings (SSSR count). The molecule has 2 fully saturated rings. The van der Waals surface area contributed by atoms with E-state index < -0.39 is 0 Å². The largest absolute Gasteiger partial charge is 0.366 e. The molecule has 1 aromatic carbocycles. The van der Waals surface area contributed by atoms with Crippen molar-refractivity contribution in [2.45, 2.75) is 51.5 Å². The average molecular weight is 345 g/mol. The van der Waals surface area contributed by atoms with Crippen LogP contribution in [0.5, 0.6) is 0 Å². The van der Waals surface area contributed by atoms with Crippen LogP contribution in [0.15, 0.2) is 24.3 Å². The van der Waals surface area contributed by atoms with Gasteiger partial charge in [-0.05, 0) is 44.6 Å². The number of nitro groups is 1. The lowest BCUT2D eigenvalue weighted by atomic mass is 9.91. The van der Waals surface area contributed by atoms with Crippen molar-refractivity contribution < 1.29 is 9.72 Å². The van der Waals surface area contributed by atoms with Crippen LogP contribution in [-0.2, 0) is 4.79 Å². The second-order valence-corrected chi connectivity index (χ2v) is 7.10. The first kappa shape index (κ1) is 17.7. The molecule has 0 bridgehead atoms. The number of hydrogen-bond donors (Lipinski definition) is 0. The quantitative estimate of drug-likeness (QED) is 0.618. The van der Waals surface area contributed by atoms with Gasteiger partial charge < -0.3 is 9.80 Å². The number of carbonyl (C=O) groups is 1. The normalized spacial score (nSPS) is 22.0. The van der Waals surface area contributed by atoms with Crippen molar-refractivity contribution in [2.24, 2.45) is 5.92 Å². The van der Waals surface area contributed by atoms with Crippen LogP contribution in [0.1, 0.15) is 45.4 Å². The van der Waals surface area contributed by atoms with Gasteiger partial charge in [0.1, 0.15) is 5.69 Å². The van der Waals surface area contributed by atoms with Gasteiger partial charge in [0.25, 0.3) is 5.69 Å². The van der Waals surface area contributed by atoms with Crippen LogP contribution in [0.4, 0.5) is 11.4 Å². The summed E-state index contributed by atoms with van der Waals surface area (Å²) in [7, 11) is 0. The lowest BCUT2D eigenvalue weighted by molar-refractivity contribution is -0.384. The van der Waals surface area contributed by atoms with E-state index in [9.17, 15) is 14.9 Å². The number of rotatable bonds is 4. The number of carbonyl (C=O) groups excluding carboxylic acids is 1. The summed E-state index contributed by atoms with van der Waals surface area (Å²) in [6.07, 6.45) is 6.03. The molecular weight excluding hydrogens is 318 g/mol.